The summed E-state index contributed by atoms with van der Waals surface area (Å²) in [6.07, 6.45) is 9.15. The number of likely N-dealkylation sites (tertiary alicyclic amines) is 1. The topological polar surface area (TPSA) is 243 Å². The number of nitrogens with zero attached hydrogens (tertiary/aromatic N) is 3. The molecule has 0 unspecified atom stereocenters. The Labute approximate surface area is 411 Å². The second-order valence-electron chi connectivity index (χ2n) is 20.0. The van der Waals surface area contributed by atoms with Gasteiger partial charge in [0, 0.05) is 98.1 Å². The maximum absolute atomic E-state index is 15.0. The smallest absolute Gasteiger partial charge is 0.302 e. The van der Waals surface area contributed by atoms with Gasteiger partial charge in [-0.1, -0.05) is 52.3 Å². The molecule has 9 atom stereocenters. The quantitative estimate of drug-likeness (QED) is 0.0632. The fourth-order valence-corrected chi connectivity index (χ4v) is 11.0. The summed E-state index contributed by atoms with van der Waals surface area (Å²) in [6, 6.07) is 3.69. The van der Waals surface area contributed by atoms with Crippen LogP contribution in [0.25, 0.3) is 38.7 Å². The number of esters is 1. The lowest BCUT2D eigenvalue weighted by molar-refractivity contribution is -0.160. The third-order valence-electron chi connectivity index (χ3n) is 15.3. The van der Waals surface area contributed by atoms with Gasteiger partial charge in [0.15, 0.2) is 16.7 Å². The van der Waals surface area contributed by atoms with E-state index < -0.39 is 82.4 Å². The van der Waals surface area contributed by atoms with Gasteiger partial charge in [-0.3, -0.25) is 29.9 Å². The van der Waals surface area contributed by atoms with Crippen molar-refractivity contribution in [1.29, 1.82) is 0 Å². The molecule has 6 N–H and O–H groups in total. The van der Waals surface area contributed by atoms with Gasteiger partial charge in [-0.25, -0.2) is 4.98 Å². The number of nitrogens with one attached hydrogen (secondary N) is 2. The Morgan fingerprint density at radius 3 is 2.30 bits per heavy atom. The average Bonchev–Trinajstić information content (AvgIpc) is 3.66. The van der Waals surface area contributed by atoms with Gasteiger partial charge >= 0.3 is 5.97 Å². The van der Waals surface area contributed by atoms with E-state index in [9.17, 15) is 34.9 Å². The first kappa shape index (κ1) is 51.3. The zero-order valence-corrected chi connectivity index (χ0v) is 41.9. The summed E-state index contributed by atoms with van der Waals surface area (Å²) in [4.78, 5) is 65.5. The van der Waals surface area contributed by atoms with E-state index in [1.54, 1.807) is 52.0 Å². The zero-order chi connectivity index (χ0) is 51.2. The largest absolute Gasteiger partial charge is 0.507 e. The van der Waals surface area contributed by atoms with Crippen LogP contribution in [0.15, 0.2) is 62.3 Å². The number of amides is 1. The second-order valence-corrected chi connectivity index (χ2v) is 20.0. The van der Waals surface area contributed by atoms with Crippen LogP contribution in [0.1, 0.15) is 86.1 Å². The normalized spacial score (nSPS) is 30.2. The number of aliphatic hydroxyl groups is 2. The molecule has 4 aliphatic rings. The molecule has 4 bridgehead atoms. The first-order valence-electron chi connectivity index (χ1n) is 24.6. The molecule has 18 nitrogen and oxygen atoms in total. The van der Waals surface area contributed by atoms with Crippen molar-refractivity contribution in [3.63, 3.8) is 0 Å². The molecule has 2 fully saturated rings. The SMILES string of the molecule is CO[C@H]1/C=C/O[C@@]2(C)Oc3c(C)c(O)c4c(=O)c(c5oc6cc(N7CCC(N8CCCCC8)CC7)cc(=O)c6nc5c4c3=C2NO)NC(=O)/C(C)=C\C=C\[C@H](C)[C@H](O)[C@@H](C)[C@@H](O)[C@@H](C)[C@H](OC(C)=O)[C@@H]1C. The molecule has 4 aliphatic heterocycles. The van der Waals surface area contributed by atoms with E-state index in [2.05, 4.69) is 20.6 Å². The molecule has 8 rings (SSSR count). The molecule has 3 aromatic carbocycles. The Bertz CT molecular complexity index is 2990. The molecule has 382 valence electrons. The second kappa shape index (κ2) is 20.6. The molecular weight excluding hydrogens is 915 g/mol. The molecule has 1 aromatic heterocycles. The number of hydrogen-bond donors (Lipinski definition) is 6. The Hall–Kier alpha value is -6.05. The number of hydrogen-bond acceptors (Lipinski definition) is 17. The molecule has 18 heteroatoms. The minimum atomic E-state index is -1.89. The minimum absolute atomic E-state index is 0.00324. The predicted molar refractivity (Wildman–Crippen MR) is 268 cm³/mol. The number of benzene rings is 3. The number of phenolic OH excluding ortho intramolecular Hbond substituents is 1. The van der Waals surface area contributed by atoms with E-state index >= 15 is 4.79 Å². The Kier molecular flexibility index (Phi) is 14.9. The summed E-state index contributed by atoms with van der Waals surface area (Å²) in [6.45, 7) is 16.4. The van der Waals surface area contributed by atoms with Crippen LogP contribution in [0.4, 0.5) is 11.4 Å². The lowest BCUT2D eigenvalue weighted by atomic mass is 9.78. The summed E-state index contributed by atoms with van der Waals surface area (Å²) in [5.41, 5.74) is 0.922. The van der Waals surface area contributed by atoms with Gasteiger partial charge in [-0.2, -0.15) is 0 Å². The monoisotopic (exact) mass is 981 g/mol. The van der Waals surface area contributed by atoms with Crippen LogP contribution in [0, 0.1) is 30.6 Å². The number of carbonyl (C=O) groups excluding carboxylic acids is 2. The van der Waals surface area contributed by atoms with E-state index in [1.807, 2.05) is 0 Å². The van der Waals surface area contributed by atoms with E-state index in [1.165, 1.54) is 72.5 Å². The highest BCUT2D eigenvalue weighted by Crippen LogP contribution is 2.42. The van der Waals surface area contributed by atoms with Crippen molar-refractivity contribution in [3.05, 3.63) is 79.5 Å². The molecule has 0 radical (unpaired) electrons. The number of ether oxygens (including phenoxy) is 4. The van der Waals surface area contributed by atoms with E-state index in [-0.39, 0.29) is 66.5 Å². The van der Waals surface area contributed by atoms with E-state index in [0.29, 0.717) is 11.7 Å². The zero-order valence-electron chi connectivity index (χ0n) is 41.9. The number of rotatable bonds is 5. The Morgan fingerprint density at radius 1 is 0.930 bits per heavy atom. The van der Waals surface area contributed by atoms with Crippen molar-refractivity contribution in [2.24, 2.45) is 23.7 Å². The molecule has 0 spiro atoms. The summed E-state index contributed by atoms with van der Waals surface area (Å²) in [7, 11) is 1.45. The lowest BCUT2D eigenvalue weighted by Gasteiger charge is -2.40. The predicted octanol–water partition coefficient (Wildman–Crippen LogP) is 5.44. The number of anilines is 2. The van der Waals surface area contributed by atoms with Gasteiger partial charge < -0.3 is 53.8 Å². The van der Waals surface area contributed by atoms with Crippen LogP contribution in [-0.4, -0.2) is 112 Å². The number of methoxy groups -OCH3 is 1. The number of hydroxylamine groups is 1. The average molecular weight is 982 g/mol. The summed E-state index contributed by atoms with van der Waals surface area (Å²) < 4.78 is 31.0. The molecule has 0 aliphatic carbocycles. The fraction of sp³-hybridized carbons (Fsp3) is 0.528. The highest BCUT2D eigenvalue weighted by molar-refractivity contribution is 6.17. The van der Waals surface area contributed by atoms with Crippen LogP contribution >= 0.6 is 0 Å². The Balaban J connectivity index is 1.33. The third kappa shape index (κ3) is 9.59. The van der Waals surface area contributed by atoms with Crippen molar-refractivity contribution in [2.75, 3.05) is 43.5 Å². The van der Waals surface area contributed by atoms with Gasteiger partial charge in [0.2, 0.25) is 10.9 Å². The third-order valence-corrected chi connectivity index (χ3v) is 15.3. The Morgan fingerprint density at radius 2 is 1.63 bits per heavy atom. The van der Waals surface area contributed by atoms with Gasteiger partial charge in [0.25, 0.3) is 11.7 Å². The van der Waals surface area contributed by atoms with E-state index in [0.717, 1.165) is 39.0 Å². The first-order valence-corrected chi connectivity index (χ1v) is 24.6. The molecule has 5 heterocycles. The summed E-state index contributed by atoms with van der Waals surface area (Å²) in [5, 5.41) is 48.5. The number of aromatic nitrogens is 1. The van der Waals surface area contributed by atoms with Crippen LogP contribution in [0.3, 0.4) is 0 Å². The van der Waals surface area contributed by atoms with Crippen LogP contribution in [0.5, 0.6) is 11.5 Å². The minimum Gasteiger partial charge on any atom is -0.507 e. The highest BCUT2D eigenvalue weighted by Gasteiger charge is 2.44. The first-order chi connectivity index (χ1) is 33.8. The number of aliphatic hydroxyl groups excluding tert-OH is 2. The van der Waals surface area contributed by atoms with Crippen molar-refractivity contribution in [1.82, 2.24) is 15.4 Å². The van der Waals surface area contributed by atoms with Gasteiger partial charge in [0.1, 0.15) is 34.5 Å². The number of fused-ring (bicyclic) bond motifs is 2. The molecular formula is C53H67N5O13. The lowest BCUT2D eigenvalue weighted by Crippen LogP contribution is -2.46. The van der Waals surface area contributed by atoms with Crippen molar-refractivity contribution in [2.45, 2.75) is 124 Å². The van der Waals surface area contributed by atoms with Crippen molar-refractivity contribution >= 4 is 61.9 Å². The van der Waals surface area contributed by atoms with Gasteiger partial charge in [-0.05, 0) is 58.7 Å². The van der Waals surface area contributed by atoms with Crippen molar-refractivity contribution in [3.8, 4) is 11.5 Å². The maximum Gasteiger partial charge on any atom is 0.302 e. The summed E-state index contributed by atoms with van der Waals surface area (Å²) in [5.74, 6) is -6.25. The van der Waals surface area contributed by atoms with Crippen molar-refractivity contribution < 1.29 is 53.5 Å². The molecule has 1 amide bonds. The number of piperidine rings is 2. The van der Waals surface area contributed by atoms with E-state index in [4.69, 9.17) is 28.3 Å². The standard InChI is InChI=1S/C53H67N5O13/c1-26-14-13-15-27(2)52(65)55-43-47(64)39-38(42-50(43)70-37-25-34(24-35(60)41(37)54-42)58-21-16-33(17-22-58)57-19-11-10-12-20-57)40-49(31(6)46(39)63)71-53(8,51(40)56-66)68-23-18-36(67-9)28(3)48(69-32(7)59)30(5)45(62)29(4)44(26)61/h13-15,18,23-26,28-30,33,36,44-45,48,56,61-63,66H,10-12,16-17,19-22H2,1-9H3,(H,55,65)/b14-13+,23-18+,27-15-/t26-,28+,29+,30+,36-,44-,45+,48+,53-/m0/s1. The van der Waals surface area contributed by atoms with Crippen LogP contribution in [0.2, 0.25) is 0 Å². The molecule has 4 aromatic rings. The maximum atomic E-state index is 15.0. The number of allylic oxidation sites excluding steroid dienone is 2. The number of aromatic hydroxyl groups is 1. The van der Waals surface area contributed by atoms with Crippen LogP contribution < -0.4 is 36.5 Å². The van der Waals surface area contributed by atoms with Crippen LogP contribution in [-0.2, 0) is 23.8 Å². The highest BCUT2D eigenvalue weighted by atomic mass is 16.7. The number of phenols is 1. The molecule has 0 saturated carbocycles. The molecule has 2 saturated heterocycles. The number of carbonyl (C=O) groups is 2. The van der Waals surface area contributed by atoms with Gasteiger partial charge in [-0.15, -0.1) is 0 Å². The summed E-state index contributed by atoms with van der Waals surface area (Å²) >= 11 is 0. The fourth-order valence-electron chi connectivity index (χ4n) is 11.0. The molecule has 71 heavy (non-hydrogen) atoms. The van der Waals surface area contributed by atoms with Gasteiger partial charge in [0.05, 0.1) is 35.2 Å².